The van der Waals surface area contributed by atoms with Crippen molar-refractivity contribution in [2.45, 2.75) is 5.37 Å². The highest BCUT2D eigenvalue weighted by atomic mass is 32.2. The third-order valence-electron chi connectivity index (χ3n) is 1.27. The van der Waals surface area contributed by atoms with Crippen LogP contribution >= 0.6 is 11.8 Å². The Kier molecular flexibility index (Phi) is 2.31. The van der Waals surface area contributed by atoms with Crippen LogP contribution in [0.15, 0.2) is 12.7 Å². The summed E-state index contributed by atoms with van der Waals surface area (Å²) in [4.78, 5) is 23.0. The number of amides is 2. The van der Waals surface area contributed by atoms with Crippen molar-refractivity contribution in [2.24, 2.45) is 5.73 Å². The lowest BCUT2D eigenvalue weighted by molar-refractivity contribution is -0.126. The fourth-order valence-electron chi connectivity index (χ4n) is 0.760. The van der Waals surface area contributed by atoms with E-state index in [4.69, 9.17) is 5.73 Å². The Morgan fingerprint density at radius 2 is 2.36 bits per heavy atom. The first kappa shape index (κ1) is 8.29. The Hall–Kier alpha value is -0.810. The van der Waals surface area contributed by atoms with Crippen molar-refractivity contribution >= 4 is 22.9 Å². The minimum Gasteiger partial charge on any atom is -0.311 e. The van der Waals surface area contributed by atoms with Crippen LogP contribution in [0.5, 0.6) is 0 Å². The van der Waals surface area contributed by atoms with Crippen molar-refractivity contribution in [1.29, 1.82) is 0 Å². The van der Waals surface area contributed by atoms with Gasteiger partial charge in [0.15, 0.2) is 0 Å². The van der Waals surface area contributed by atoms with Crippen LogP contribution in [0, 0.1) is 0 Å². The van der Waals surface area contributed by atoms with E-state index >= 15 is 0 Å². The van der Waals surface area contributed by atoms with Crippen LogP contribution in [0.3, 0.4) is 0 Å². The van der Waals surface area contributed by atoms with Crippen LogP contribution < -0.4 is 5.73 Å². The molecule has 1 saturated heterocycles. The predicted molar refractivity (Wildman–Crippen MR) is 42.9 cm³/mol. The van der Waals surface area contributed by atoms with Gasteiger partial charge in [-0.05, 0) is 11.8 Å². The molecule has 2 amide bonds. The van der Waals surface area contributed by atoms with Crippen molar-refractivity contribution in [3.8, 4) is 0 Å². The summed E-state index contributed by atoms with van der Waals surface area (Å²) >= 11 is 0.844. The van der Waals surface area contributed by atoms with Gasteiger partial charge in [-0.2, -0.15) is 0 Å². The van der Waals surface area contributed by atoms with Gasteiger partial charge in [-0.3, -0.25) is 14.5 Å². The summed E-state index contributed by atoms with van der Waals surface area (Å²) in [5.41, 5.74) is 5.31. The third kappa shape index (κ3) is 1.44. The highest BCUT2D eigenvalue weighted by Crippen LogP contribution is 2.22. The van der Waals surface area contributed by atoms with Gasteiger partial charge in [-0.15, -0.1) is 6.58 Å². The zero-order valence-corrected chi connectivity index (χ0v) is 6.63. The monoisotopic (exact) mass is 172 g/mol. The number of carbonyl (C=O) groups is 2. The molecular weight excluding hydrogens is 164 g/mol. The van der Waals surface area contributed by atoms with Gasteiger partial charge in [-0.25, -0.2) is 0 Å². The first-order valence-corrected chi connectivity index (χ1v) is 3.93. The van der Waals surface area contributed by atoms with E-state index in [1.165, 1.54) is 6.08 Å². The quantitative estimate of drug-likeness (QED) is 0.602. The number of rotatable bonds is 2. The first-order valence-electron chi connectivity index (χ1n) is 3.05. The lowest BCUT2D eigenvalue weighted by Crippen LogP contribution is -2.34. The Bertz CT molecular complexity index is 217. The molecule has 60 valence electrons. The van der Waals surface area contributed by atoms with Crippen LogP contribution in [-0.4, -0.2) is 28.0 Å². The Labute approximate surface area is 68.4 Å². The van der Waals surface area contributed by atoms with E-state index in [0.29, 0.717) is 0 Å². The van der Waals surface area contributed by atoms with Gasteiger partial charge in [0.05, 0.1) is 0 Å². The lowest BCUT2D eigenvalue weighted by Gasteiger charge is -2.08. The van der Waals surface area contributed by atoms with E-state index in [0.717, 1.165) is 16.7 Å². The van der Waals surface area contributed by atoms with Gasteiger partial charge < -0.3 is 5.73 Å². The summed E-state index contributed by atoms with van der Waals surface area (Å²) < 4.78 is 0. The number of nitrogens with zero attached hydrogens (tertiary/aromatic N) is 1. The average molecular weight is 172 g/mol. The minimum atomic E-state index is -0.720. The van der Waals surface area contributed by atoms with Crippen LogP contribution in [0.25, 0.3) is 0 Å². The molecule has 5 heteroatoms. The zero-order valence-electron chi connectivity index (χ0n) is 5.82. The highest BCUT2D eigenvalue weighted by molar-refractivity contribution is 8.15. The number of nitrogens with two attached hydrogens (primary N) is 1. The van der Waals surface area contributed by atoms with Crippen molar-refractivity contribution < 1.29 is 9.59 Å². The number of hydrogen-bond acceptors (Lipinski definition) is 4. The molecule has 0 radical (unpaired) electrons. The molecule has 0 aliphatic carbocycles. The first-order chi connectivity index (χ1) is 5.16. The van der Waals surface area contributed by atoms with Gasteiger partial charge in [-0.1, -0.05) is 6.08 Å². The van der Waals surface area contributed by atoms with E-state index in [9.17, 15) is 9.59 Å². The Balaban J connectivity index is 2.71. The van der Waals surface area contributed by atoms with Crippen LogP contribution in [0.2, 0.25) is 0 Å². The molecule has 1 rings (SSSR count). The van der Waals surface area contributed by atoms with Crippen molar-refractivity contribution in [2.75, 3.05) is 6.54 Å². The van der Waals surface area contributed by atoms with E-state index in [-0.39, 0.29) is 17.7 Å². The smallest absolute Gasteiger partial charge is 0.290 e. The third-order valence-corrected chi connectivity index (χ3v) is 2.15. The summed E-state index contributed by atoms with van der Waals surface area (Å²) in [6.07, 6.45) is 1.49. The minimum absolute atomic E-state index is 0.248. The summed E-state index contributed by atoms with van der Waals surface area (Å²) in [6, 6.07) is 0. The molecule has 0 saturated carbocycles. The van der Waals surface area contributed by atoms with Gasteiger partial charge >= 0.3 is 0 Å². The SMILES string of the molecule is C=CCN1C(=O)SC(N)C1=O. The van der Waals surface area contributed by atoms with Crippen LogP contribution in [0.1, 0.15) is 0 Å². The summed E-state index contributed by atoms with van der Waals surface area (Å²) in [6.45, 7) is 3.67. The van der Waals surface area contributed by atoms with E-state index in [1.54, 1.807) is 0 Å². The lowest BCUT2D eigenvalue weighted by atomic mass is 10.5. The maximum atomic E-state index is 11.0. The standard InChI is InChI=1S/C6H8N2O2S/c1-2-3-8-5(9)4(7)11-6(8)10/h2,4H,1,3,7H2. The fraction of sp³-hybridized carbons (Fsp3) is 0.333. The van der Waals surface area contributed by atoms with Crippen molar-refractivity contribution in [3.63, 3.8) is 0 Å². The Morgan fingerprint density at radius 1 is 1.73 bits per heavy atom. The summed E-state index contributed by atoms with van der Waals surface area (Å²) in [5.74, 6) is -0.333. The molecule has 1 fully saturated rings. The molecular formula is C6H8N2O2S. The van der Waals surface area contributed by atoms with Gasteiger partial charge in [0.25, 0.3) is 11.1 Å². The molecule has 0 aromatic rings. The number of imide groups is 1. The molecule has 1 unspecified atom stereocenters. The number of thioether (sulfide) groups is 1. The van der Waals surface area contributed by atoms with E-state index in [1.807, 2.05) is 0 Å². The molecule has 11 heavy (non-hydrogen) atoms. The van der Waals surface area contributed by atoms with Gasteiger partial charge in [0, 0.05) is 6.54 Å². The Morgan fingerprint density at radius 3 is 2.73 bits per heavy atom. The molecule has 0 aromatic heterocycles. The number of carbonyl (C=O) groups excluding carboxylic acids is 2. The average Bonchev–Trinajstić information content (AvgIpc) is 2.17. The van der Waals surface area contributed by atoms with Crippen molar-refractivity contribution in [3.05, 3.63) is 12.7 Å². The highest BCUT2D eigenvalue weighted by Gasteiger charge is 2.36. The molecule has 1 aliphatic rings. The summed E-state index contributed by atoms with van der Waals surface area (Å²) in [5, 5.41) is -1.01. The molecule has 1 atom stereocenters. The largest absolute Gasteiger partial charge is 0.311 e. The molecule has 0 bridgehead atoms. The molecule has 4 nitrogen and oxygen atoms in total. The molecule has 1 aliphatic heterocycles. The zero-order chi connectivity index (χ0) is 8.43. The molecule has 1 heterocycles. The molecule has 0 aromatic carbocycles. The summed E-state index contributed by atoms with van der Waals surface area (Å²) in [7, 11) is 0. The van der Waals surface area contributed by atoms with Crippen LogP contribution in [-0.2, 0) is 4.79 Å². The topological polar surface area (TPSA) is 63.4 Å². The van der Waals surface area contributed by atoms with Gasteiger partial charge in [0.1, 0.15) is 5.37 Å². The normalized spacial score (nSPS) is 24.5. The second kappa shape index (κ2) is 3.06. The molecule has 2 N–H and O–H groups in total. The number of hydrogen-bond donors (Lipinski definition) is 1. The molecule has 0 spiro atoms. The fourth-order valence-corrected chi connectivity index (χ4v) is 1.50. The van der Waals surface area contributed by atoms with Crippen LogP contribution in [0.4, 0.5) is 4.79 Å². The van der Waals surface area contributed by atoms with Crippen molar-refractivity contribution in [1.82, 2.24) is 4.90 Å². The second-order valence-corrected chi connectivity index (χ2v) is 3.13. The predicted octanol–water partition coefficient (Wildman–Crippen LogP) is 0.153. The maximum absolute atomic E-state index is 11.0. The maximum Gasteiger partial charge on any atom is 0.290 e. The van der Waals surface area contributed by atoms with E-state index < -0.39 is 5.37 Å². The van der Waals surface area contributed by atoms with Gasteiger partial charge in [0.2, 0.25) is 0 Å². The van der Waals surface area contributed by atoms with E-state index in [2.05, 4.69) is 6.58 Å². The second-order valence-electron chi connectivity index (χ2n) is 2.04.